The molecule has 0 amide bonds. The predicted molar refractivity (Wildman–Crippen MR) is 48.9 cm³/mol. The molecule has 3 fully saturated rings. The zero-order valence-corrected chi connectivity index (χ0v) is 7.72. The second-order valence-electron chi connectivity index (χ2n) is 4.43. The number of hydrogen-bond acceptors (Lipinski definition) is 1. The SMILES string of the molecule is O=C1CCC2CCCC1CCC2. The molecule has 3 aliphatic carbocycles. The minimum Gasteiger partial charge on any atom is -0.299 e. The first-order chi connectivity index (χ1) is 5.86. The molecule has 0 saturated heterocycles. The van der Waals surface area contributed by atoms with Crippen LogP contribution in [0.5, 0.6) is 0 Å². The molecule has 2 bridgehead atoms. The zero-order valence-electron chi connectivity index (χ0n) is 7.72. The van der Waals surface area contributed by atoms with E-state index in [0.717, 1.165) is 12.3 Å². The lowest BCUT2D eigenvalue weighted by molar-refractivity contribution is -0.124. The van der Waals surface area contributed by atoms with E-state index >= 15 is 0 Å². The van der Waals surface area contributed by atoms with E-state index in [4.69, 9.17) is 0 Å². The highest BCUT2D eigenvalue weighted by molar-refractivity contribution is 5.81. The van der Waals surface area contributed by atoms with Gasteiger partial charge in [-0.2, -0.15) is 0 Å². The summed E-state index contributed by atoms with van der Waals surface area (Å²) in [6.45, 7) is 0. The fraction of sp³-hybridized carbons (Fsp3) is 0.909. The van der Waals surface area contributed by atoms with Gasteiger partial charge in [-0.1, -0.05) is 25.7 Å². The highest BCUT2D eigenvalue weighted by Gasteiger charge is 2.25. The standard InChI is InChI=1S/C11H18O/c12-11-8-7-9-3-1-5-10(11)6-2-4-9/h9-10H,1-8H2. The van der Waals surface area contributed by atoms with Crippen molar-refractivity contribution >= 4 is 5.78 Å². The van der Waals surface area contributed by atoms with Gasteiger partial charge in [-0.3, -0.25) is 4.79 Å². The Hall–Kier alpha value is -0.330. The van der Waals surface area contributed by atoms with Gasteiger partial charge in [-0.25, -0.2) is 0 Å². The summed E-state index contributed by atoms with van der Waals surface area (Å²) < 4.78 is 0. The second-order valence-corrected chi connectivity index (χ2v) is 4.43. The number of Topliss-reactive ketones (excluding diaryl/α,β-unsaturated/α-hetero) is 1. The molecule has 0 N–H and O–H groups in total. The highest BCUT2D eigenvalue weighted by Crippen LogP contribution is 2.33. The Morgan fingerprint density at radius 1 is 0.917 bits per heavy atom. The molecule has 0 unspecified atom stereocenters. The number of hydrogen-bond donors (Lipinski definition) is 0. The van der Waals surface area contributed by atoms with Gasteiger partial charge in [0, 0.05) is 12.3 Å². The molecular formula is C11H18O. The van der Waals surface area contributed by atoms with Crippen LogP contribution >= 0.6 is 0 Å². The van der Waals surface area contributed by atoms with Crippen LogP contribution in [0.2, 0.25) is 0 Å². The maximum atomic E-state index is 11.6. The van der Waals surface area contributed by atoms with Crippen LogP contribution < -0.4 is 0 Å². The van der Waals surface area contributed by atoms with Crippen molar-refractivity contribution in [2.24, 2.45) is 11.8 Å². The first-order valence-corrected chi connectivity index (χ1v) is 5.39. The lowest BCUT2D eigenvalue weighted by Gasteiger charge is -2.27. The smallest absolute Gasteiger partial charge is 0.135 e. The maximum Gasteiger partial charge on any atom is 0.135 e. The molecule has 3 aliphatic rings. The van der Waals surface area contributed by atoms with E-state index in [1.165, 1.54) is 44.9 Å². The maximum absolute atomic E-state index is 11.6. The molecule has 0 spiro atoms. The summed E-state index contributed by atoms with van der Waals surface area (Å²) in [5.74, 6) is 1.90. The average Bonchev–Trinajstić information content (AvgIpc) is 1.97. The molecule has 0 aromatic carbocycles. The van der Waals surface area contributed by atoms with E-state index in [2.05, 4.69) is 0 Å². The molecule has 0 heterocycles. The van der Waals surface area contributed by atoms with Crippen molar-refractivity contribution in [2.75, 3.05) is 0 Å². The van der Waals surface area contributed by atoms with E-state index in [0.29, 0.717) is 11.7 Å². The molecule has 0 aliphatic heterocycles. The first kappa shape index (κ1) is 8.28. The molecule has 0 aromatic heterocycles. The van der Waals surface area contributed by atoms with E-state index < -0.39 is 0 Å². The van der Waals surface area contributed by atoms with E-state index in [-0.39, 0.29) is 0 Å². The predicted octanol–water partition coefficient (Wildman–Crippen LogP) is 2.94. The Balaban J connectivity index is 2.07. The third kappa shape index (κ3) is 1.70. The summed E-state index contributed by atoms with van der Waals surface area (Å²) in [5.41, 5.74) is 0. The molecule has 12 heavy (non-hydrogen) atoms. The Morgan fingerprint density at radius 2 is 1.58 bits per heavy atom. The van der Waals surface area contributed by atoms with Crippen molar-refractivity contribution in [3.63, 3.8) is 0 Å². The minimum atomic E-state index is 0.450. The van der Waals surface area contributed by atoms with Gasteiger partial charge < -0.3 is 0 Å². The molecular weight excluding hydrogens is 148 g/mol. The van der Waals surface area contributed by atoms with Crippen LogP contribution in [0.15, 0.2) is 0 Å². The second kappa shape index (κ2) is 3.59. The van der Waals surface area contributed by atoms with Crippen LogP contribution in [0.1, 0.15) is 51.4 Å². The largest absolute Gasteiger partial charge is 0.299 e. The van der Waals surface area contributed by atoms with Crippen molar-refractivity contribution in [1.29, 1.82) is 0 Å². The molecule has 1 nitrogen and oxygen atoms in total. The van der Waals surface area contributed by atoms with Gasteiger partial charge in [0.15, 0.2) is 0 Å². The fourth-order valence-corrected chi connectivity index (χ4v) is 2.76. The van der Waals surface area contributed by atoms with Gasteiger partial charge >= 0.3 is 0 Å². The van der Waals surface area contributed by atoms with Gasteiger partial charge in [0.2, 0.25) is 0 Å². The van der Waals surface area contributed by atoms with Crippen molar-refractivity contribution in [3.05, 3.63) is 0 Å². The Morgan fingerprint density at radius 3 is 2.25 bits per heavy atom. The number of fused-ring (bicyclic) bond motifs is 6. The summed E-state index contributed by atoms with van der Waals surface area (Å²) in [6.07, 6.45) is 9.85. The van der Waals surface area contributed by atoms with Crippen molar-refractivity contribution in [1.82, 2.24) is 0 Å². The lowest BCUT2D eigenvalue weighted by Crippen LogP contribution is -2.22. The number of ketones is 1. The number of carbonyl (C=O) groups excluding carboxylic acids is 1. The molecule has 0 atom stereocenters. The van der Waals surface area contributed by atoms with Gasteiger partial charge in [0.1, 0.15) is 5.78 Å². The number of rotatable bonds is 0. The van der Waals surface area contributed by atoms with Gasteiger partial charge in [0.25, 0.3) is 0 Å². The minimum absolute atomic E-state index is 0.450. The summed E-state index contributed by atoms with van der Waals surface area (Å²) >= 11 is 0. The molecule has 3 rings (SSSR count). The van der Waals surface area contributed by atoms with Crippen molar-refractivity contribution in [3.8, 4) is 0 Å². The molecule has 1 heteroatoms. The Kier molecular flexibility index (Phi) is 2.48. The summed E-state index contributed by atoms with van der Waals surface area (Å²) in [4.78, 5) is 11.6. The summed E-state index contributed by atoms with van der Waals surface area (Å²) in [7, 11) is 0. The van der Waals surface area contributed by atoms with Crippen LogP contribution in [-0.2, 0) is 4.79 Å². The highest BCUT2D eigenvalue weighted by atomic mass is 16.1. The van der Waals surface area contributed by atoms with E-state index in [9.17, 15) is 4.79 Å². The molecule has 0 radical (unpaired) electrons. The molecule has 0 aromatic rings. The Bertz CT molecular complexity index is 164. The molecule has 68 valence electrons. The lowest BCUT2D eigenvalue weighted by atomic mass is 9.77. The average molecular weight is 166 g/mol. The topological polar surface area (TPSA) is 17.1 Å². The van der Waals surface area contributed by atoms with Gasteiger partial charge in [-0.05, 0) is 25.2 Å². The van der Waals surface area contributed by atoms with E-state index in [1.54, 1.807) is 0 Å². The molecule has 3 saturated carbocycles. The summed E-state index contributed by atoms with van der Waals surface area (Å²) in [5, 5.41) is 0. The zero-order chi connectivity index (χ0) is 8.39. The normalized spacial score (nSPS) is 37.2. The van der Waals surface area contributed by atoms with Crippen LogP contribution in [0.4, 0.5) is 0 Å². The van der Waals surface area contributed by atoms with Crippen LogP contribution in [0.3, 0.4) is 0 Å². The quantitative estimate of drug-likeness (QED) is 0.540. The Labute approximate surface area is 74.5 Å². The third-order valence-electron chi connectivity index (χ3n) is 3.58. The first-order valence-electron chi connectivity index (χ1n) is 5.39. The van der Waals surface area contributed by atoms with Crippen LogP contribution in [0.25, 0.3) is 0 Å². The van der Waals surface area contributed by atoms with Crippen LogP contribution in [-0.4, -0.2) is 5.78 Å². The van der Waals surface area contributed by atoms with Crippen molar-refractivity contribution < 1.29 is 4.79 Å². The van der Waals surface area contributed by atoms with Gasteiger partial charge in [0.05, 0.1) is 0 Å². The third-order valence-corrected chi connectivity index (χ3v) is 3.58. The van der Waals surface area contributed by atoms with Crippen molar-refractivity contribution in [2.45, 2.75) is 51.4 Å². The number of carbonyl (C=O) groups is 1. The fourth-order valence-electron chi connectivity index (χ4n) is 2.76. The van der Waals surface area contributed by atoms with E-state index in [1.807, 2.05) is 0 Å². The van der Waals surface area contributed by atoms with Crippen LogP contribution in [0, 0.1) is 11.8 Å². The summed E-state index contributed by atoms with van der Waals surface area (Å²) in [6, 6.07) is 0. The monoisotopic (exact) mass is 166 g/mol. The van der Waals surface area contributed by atoms with Gasteiger partial charge in [-0.15, -0.1) is 0 Å².